The first-order valence-corrected chi connectivity index (χ1v) is 11.6. The molecule has 31 heavy (non-hydrogen) atoms. The SMILES string of the molecule is O=C(CSc1nc(-c2ccccc2)cs1)N1CCN(c2cccc(C(F)(F)F)c2)CC1. The van der Waals surface area contributed by atoms with Crippen LogP contribution in [-0.4, -0.2) is 47.7 Å². The first kappa shape index (κ1) is 21.7. The maximum Gasteiger partial charge on any atom is 0.416 e. The molecule has 1 fully saturated rings. The molecule has 0 atom stereocenters. The van der Waals surface area contributed by atoms with Gasteiger partial charge < -0.3 is 9.80 Å². The van der Waals surface area contributed by atoms with Gasteiger partial charge in [0, 0.05) is 42.8 Å². The van der Waals surface area contributed by atoms with E-state index in [1.807, 2.05) is 40.6 Å². The van der Waals surface area contributed by atoms with Gasteiger partial charge >= 0.3 is 6.18 Å². The number of thiazole rings is 1. The number of carbonyl (C=O) groups excluding carboxylic acids is 1. The van der Waals surface area contributed by atoms with Gasteiger partial charge in [-0.1, -0.05) is 48.2 Å². The molecule has 0 saturated carbocycles. The Morgan fingerprint density at radius 3 is 2.48 bits per heavy atom. The fourth-order valence-corrected chi connectivity index (χ4v) is 5.11. The van der Waals surface area contributed by atoms with Crippen molar-refractivity contribution >= 4 is 34.7 Å². The second kappa shape index (κ2) is 9.32. The molecular weight excluding hydrogens is 443 g/mol. The average molecular weight is 464 g/mol. The third-order valence-electron chi connectivity index (χ3n) is 5.04. The smallest absolute Gasteiger partial charge is 0.368 e. The number of alkyl halides is 3. The number of aromatic nitrogens is 1. The van der Waals surface area contributed by atoms with E-state index in [1.165, 1.54) is 35.2 Å². The fourth-order valence-electron chi connectivity index (χ4n) is 3.37. The summed E-state index contributed by atoms with van der Waals surface area (Å²) in [6.07, 6.45) is -4.36. The molecule has 9 heteroatoms. The average Bonchev–Trinajstić information content (AvgIpc) is 3.27. The molecule has 1 aliphatic heterocycles. The topological polar surface area (TPSA) is 36.4 Å². The van der Waals surface area contributed by atoms with E-state index in [-0.39, 0.29) is 5.91 Å². The van der Waals surface area contributed by atoms with Gasteiger partial charge in [-0.25, -0.2) is 4.98 Å². The zero-order valence-electron chi connectivity index (χ0n) is 16.5. The van der Waals surface area contributed by atoms with Crippen molar-refractivity contribution in [2.45, 2.75) is 10.5 Å². The molecule has 162 valence electrons. The Bertz CT molecular complexity index is 1030. The monoisotopic (exact) mass is 463 g/mol. The molecule has 0 spiro atoms. The van der Waals surface area contributed by atoms with Crippen LogP contribution in [0.1, 0.15) is 5.56 Å². The molecule has 1 saturated heterocycles. The zero-order chi connectivity index (χ0) is 21.8. The molecule has 0 unspecified atom stereocenters. The molecule has 1 amide bonds. The molecule has 0 radical (unpaired) electrons. The Balaban J connectivity index is 1.29. The van der Waals surface area contributed by atoms with Crippen molar-refractivity contribution < 1.29 is 18.0 Å². The summed E-state index contributed by atoms with van der Waals surface area (Å²) >= 11 is 2.93. The van der Waals surface area contributed by atoms with Crippen molar-refractivity contribution in [2.75, 3.05) is 36.8 Å². The first-order valence-electron chi connectivity index (χ1n) is 9.74. The predicted octanol–water partition coefficient (Wildman–Crippen LogP) is 5.27. The summed E-state index contributed by atoms with van der Waals surface area (Å²) < 4.78 is 39.7. The summed E-state index contributed by atoms with van der Waals surface area (Å²) in [4.78, 5) is 20.8. The lowest BCUT2D eigenvalue weighted by molar-refractivity contribution is -0.137. The number of nitrogens with zero attached hydrogens (tertiary/aromatic N) is 3. The van der Waals surface area contributed by atoms with E-state index in [4.69, 9.17) is 0 Å². The number of rotatable bonds is 5. The van der Waals surface area contributed by atoms with Crippen molar-refractivity contribution in [3.63, 3.8) is 0 Å². The Morgan fingerprint density at radius 1 is 1.03 bits per heavy atom. The second-order valence-electron chi connectivity index (χ2n) is 7.07. The van der Waals surface area contributed by atoms with Crippen LogP contribution in [0.3, 0.4) is 0 Å². The largest absolute Gasteiger partial charge is 0.416 e. The number of hydrogen-bond donors (Lipinski definition) is 0. The maximum atomic E-state index is 12.9. The van der Waals surface area contributed by atoms with Crippen molar-refractivity contribution in [3.05, 3.63) is 65.5 Å². The molecule has 1 aliphatic rings. The summed E-state index contributed by atoms with van der Waals surface area (Å²) in [5, 5.41) is 1.98. The molecule has 2 aromatic carbocycles. The third kappa shape index (κ3) is 5.40. The van der Waals surface area contributed by atoms with E-state index in [0.717, 1.165) is 21.7 Å². The standard InChI is InChI=1S/C22H20F3N3OS2/c23-22(24,25)17-7-4-8-18(13-17)27-9-11-28(12-10-27)20(29)15-31-21-26-19(14-30-21)16-5-2-1-3-6-16/h1-8,13-14H,9-12,15H2. The van der Waals surface area contributed by atoms with Crippen LogP contribution in [0.25, 0.3) is 11.3 Å². The number of amides is 1. The molecule has 4 nitrogen and oxygen atoms in total. The highest BCUT2D eigenvalue weighted by atomic mass is 32.2. The Kier molecular flexibility index (Phi) is 6.52. The molecule has 3 aromatic rings. The summed E-state index contributed by atoms with van der Waals surface area (Å²) in [6.45, 7) is 1.99. The minimum Gasteiger partial charge on any atom is -0.368 e. The normalized spacial score (nSPS) is 14.7. The lowest BCUT2D eigenvalue weighted by atomic mass is 10.1. The van der Waals surface area contributed by atoms with Crippen LogP contribution in [0.5, 0.6) is 0 Å². The first-order chi connectivity index (χ1) is 14.9. The van der Waals surface area contributed by atoms with Crippen molar-refractivity contribution in [2.24, 2.45) is 0 Å². The molecule has 0 aliphatic carbocycles. The van der Waals surface area contributed by atoms with E-state index >= 15 is 0 Å². The van der Waals surface area contributed by atoms with Gasteiger partial charge in [-0.3, -0.25) is 4.79 Å². The van der Waals surface area contributed by atoms with Crippen LogP contribution in [0.15, 0.2) is 64.3 Å². The van der Waals surface area contributed by atoms with Crippen molar-refractivity contribution in [3.8, 4) is 11.3 Å². The number of carbonyl (C=O) groups is 1. The van der Waals surface area contributed by atoms with Crippen molar-refractivity contribution in [1.29, 1.82) is 0 Å². The highest BCUT2D eigenvalue weighted by Crippen LogP contribution is 2.32. The van der Waals surface area contributed by atoms with Gasteiger partial charge in [0.1, 0.15) is 0 Å². The van der Waals surface area contributed by atoms with E-state index in [1.54, 1.807) is 11.0 Å². The minimum absolute atomic E-state index is 0.0187. The Hall–Kier alpha value is -2.52. The highest BCUT2D eigenvalue weighted by molar-refractivity contribution is 8.01. The predicted molar refractivity (Wildman–Crippen MR) is 119 cm³/mol. The number of hydrogen-bond acceptors (Lipinski definition) is 5. The van der Waals surface area contributed by atoms with Crippen LogP contribution in [-0.2, 0) is 11.0 Å². The maximum absolute atomic E-state index is 12.9. The molecule has 2 heterocycles. The molecular formula is C22H20F3N3OS2. The quantitative estimate of drug-likeness (QED) is 0.483. The van der Waals surface area contributed by atoms with Crippen LogP contribution in [0.2, 0.25) is 0 Å². The van der Waals surface area contributed by atoms with E-state index in [9.17, 15) is 18.0 Å². The van der Waals surface area contributed by atoms with Gasteiger partial charge in [-0.05, 0) is 18.2 Å². The van der Waals surface area contributed by atoms with Gasteiger partial charge in [0.25, 0.3) is 0 Å². The lowest BCUT2D eigenvalue weighted by Gasteiger charge is -2.36. The zero-order valence-corrected chi connectivity index (χ0v) is 18.1. The van der Waals surface area contributed by atoms with Crippen LogP contribution < -0.4 is 4.90 Å². The summed E-state index contributed by atoms with van der Waals surface area (Å²) in [7, 11) is 0. The summed E-state index contributed by atoms with van der Waals surface area (Å²) in [5.41, 5.74) is 1.82. The molecule has 1 aromatic heterocycles. The van der Waals surface area contributed by atoms with Crippen molar-refractivity contribution in [1.82, 2.24) is 9.88 Å². The number of thioether (sulfide) groups is 1. The van der Waals surface area contributed by atoms with Gasteiger partial charge in [0.2, 0.25) is 5.91 Å². The molecule has 4 rings (SSSR count). The van der Waals surface area contributed by atoms with E-state index < -0.39 is 11.7 Å². The van der Waals surface area contributed by atoms with Gasteiger partial charge in [0.15, 0.2) is 4.34 Å². The van der Waals surface area contributed by atoms with Gasteiger partial charge in [-0.2, -0.15) is 13.2 Å². The number of anilines is 1. The van der Waals surface area contributed by atoms with Crippen LogP contribution in [0, 0.1) is 0 Å². The van der Waals surface area contributed by atoms with Crippen LogP contribution in [0.4, 0.5) is 18.9 Å². The number of benzene rings is 2. The Morgan fingerprint density at radius 2 is 1.77 bits per heavy atom. The molecule has 0 N–H and O–H groups in total. The minimum atomic E-state index is -4.36. The number of halogens is 3. The second-order valence-corrected chi connectivity index (χ2v) is 9.15. The lowest BCUT2D eigenvalue weighted by Crippen LogP contribution is -2.49. The summed E-state index contributed by atoms with van der Waals surface area (Å²) in [5.74, 6) is 0.316. The van der Waals surface area contributed by atoms with Crippen LogP contribution >= 0.6 is 23.1 Å². The fraction of sp³-hybridized carbons (Fsp3) is 0.273. The Labute approximate surface area is 186 Å². The van der Waals surface area contributed by atoms with E-state index in [0.29, 0.717) is 37.6 Å². The van der Waals surface area contributed by atoms with Gasteiger partial charge in [0.05, 0.1) is 17.0 Å². The number of piperazine rings is 1. The third-order valence-corrected chi connectivity index (χ3v) is 7.05. The van der Waals surface area contributed by atoms with Gasteiger partial charge in [-0.15, -0.1) is 11.3 Å². The molecule has 0 bridgehead atoms. The summed E-state index contributed by atoms with van der Waals surface area (Å²) in [6, 6.07) is 15.2. The van der Waals surface area contributed by atoms with E-state index in [2.05, 4.69) is 4.98 Å². The highest BCUT2D eigenvalue weighted by Gasteiger charge is 2.31.